The minimum absolute atomic E-state index is 0.000248. The Kier molecular flexibility index (Phi) is 6.90. The molecule has 1 saturated carbocycles. The van der Waals surface area contributed by atoms with E-state index in [1.54, 1.807) is 0 Å². The van der Waals surface area contributed by atoms with E-state index in [2.05, 4.69) is 10.6 Å². The van der Waals surface area contributed by atoms with Gasteiger partial charge < -0.3 is 10.1 Å². The molecule has 1 aliphatic rings. The predicted octanol–water partition coefficient (Wildman–Crippen LogP) is 3.22. The van der Waals surface area contributed by atoms with Crippen molar-refractivity contribution in [1.82, 2.24) is 10.6 Å². The van der Waals surface area contributed by atoms with Crippen LogP contribution in [0.5, 0.6) is 0 Å². The van der Waals surface area contributed by atoms with Crippen molar-refractivity contribution in [3.8, 4) is 0 Å². The van der Waals surface area contributed by atoms with E-state index in [1.807, 2.05) is 0 Å². The first kappa shape index (κ1) is 20.1. The molecule has 2 N–H and O–H groups in total. The Balaban J connectivity index is 1.74. The molecule has 1 fully saturated rings. The number of hydrogen-bond donors (Lipinski definition) is 2. The molecule has 142 valence electrons. The molecule has 10 heteroatoms. The van der Waals surface area contributed by atoms with Crippen LogP contribution in [-0.2, 0) is 9.53 Å². The molecule has 0 spiro atoms. The van der Waals surface area contributed by atoms with Crippen molar-refractivity contribution < 1.29 is 32.3 Å². The lowest BCUT2D eigenvalue weighted by Crippen LogP contribution is -2.44. The van der Waals surface area contributed by atoms with Crippen LogP contribution in [0.1, 0.15) is 36.0 Å². The van der Waals surface area contributed by atoms with Gasteiger partial charge >= 0.3 is 17.5 Å². The summed E-state index contributed by atoms with van der Waals surface area (Å²) in [6.07, 6.45) is 3.77. The van der Waals surface area contributed by atoms with Gasteiger partial charge in [0.1, 0.15) is 0 Å². The van der Waals surface area contributed by atoms with Crippen LogP contribution in [0.4, 0.5) is 18.0 Å². The number of hydrogen-bond acceptors (Lipinski definition) is 5. The molecule has 0 aromatic heterocycles. The third-order valence-corrected chi connectivity index (χ3v) is 4.34. The number of nitrogens with one attached hydrogen (secondary N) is 2. The summed E-state index contributed by atoms with van der Waals surface area (Å²) in [6.45, 7) is -0.671. The fourth-order valence-corrected chi connectivity index (χ4v) is 3.00. The van der Waals surface area contributed by atoms with E-state index in [4.69, 9.17) is 4.74 Å². The summed E-state index contributed by atoms with van der Waals surface area (Å²) in [5.74, 6) is -1.67. The van der Waals surface area contributed by atoms with Crippen molar-refractivity contribution >= 4 is 29.7 Å². The van der Waals surface area contributed by atoms with E-state index >= 15 is 0 Å². The second kappa shape index (κ2) is 8.93. The van der Waals surface area contributed by atoms with Gasteiger partial charge in [-0.05, 0) is 48.9 Å². The number of halogens is 3. The van der Waals surface area contributed by atoms with Crippen molar-refractivity contribution in [3.05, 3.63) is 29.8 Å². The van der Waals surface area contributed by atoms with Crippen LogP contribution < -0.4 is 10.6 Å². The van der Waals surface area contributed by atoms with E-state index in [0.29, 0.717) is 0 Å². The maximum absolute atomic E-state index is 12.2. The third-order valence-electron chi connectivity index (χ3n) is 3.60. The molecule has 0 unspecified atom stereocenters. The highest BCUT2D eigenvalue weighted by Gasteiger charge is 2.29. The average Bonchev–Trinajstić information content (AvgIpc) is 3.04. The minimum atomic E-state index is -4.42. The Labute approximate surface area is 151 Å². The highest BCUT2D eigenvalue weighted by atomic mass is 32.2. The number of rotatable bonds is 5. The summed E-state index contributed by atoms with van der Waals surface area (Å²) >= 11 is -0.302. The van der Waals surface area contributed by atoms with Crippen LogP contribution in [0.3, 0.4) is 0 Å². The molecule has 0 aliphatic heterocycles. The topological polar surface area (TPSA) is 84.5 Å². The fourth-order valence-electron chi connectivity index (χ4n) is 2.46. The highest BCUT2D eigenvalue weighted by Crippen LogP contribution is 2.36. The largest absolute Gasteiger partial charge is 0.452 e. The number of carbonyl (C=O) groups excluding carboxylic acids is 3. The zero-order chi connectivity index (χ0) is 19.2. The number of alkyl halides is 3. The second-order valence-corrected chi connectivity index (χ2v) is 6.79. The van der Waals surface area contributed by atoms with Gasteiger partial charge in [0.25, 0.3) is 5.91 Å². The molecule has 0 heterocycles. The molecular weight excluding hydrogens is 373 g/mol. The maximum atomic E-state index is 12.2. The molecule has 1 aromatic rings. The monoisotopic (exact) mass is 390 g/mol. The predicted molar refractivity (Wildman–Crippen MR) is 87.6 cm³/mol. The molecule has 0 saturated heterocycles. The molecule has 0 bridgehead atoms. The quantitative estimate of drug-likeness (QED) is 0.596. The first-order valence-corrected chi connectivity index (χ1v) is 8.68. The van der Waals surface area contributed by atoms with E-state index in [9.17, 15) is 27.6 Å². The molecule has 6 nitrogen and oxygen atoms in total. The normalized spacial score (nSPS) is 14.7. The van der Waals surface area contributed by atoms with E-state index in [0.717, 1.165) is 37.8 Å². The van der Waals surface area contributed by atoms with Crippen LogP contribution >= 0.6 is 11.8 Å². The molecule has 26 heavy (non-hydrogen) atoms. The van der Waals surface area contributed by atoms with Crippen LogP contribution in [-0.4, -0.2) is 36.1 Å². The average molecular weight is 390 g/mol. The lowest BCUT2D eigenvalue weighted by atomic mass is 10.2. The molecule has 1 aliphatic carbocycles. The van der Waals surface area contributed by atoms with Crippen LogP contribution in [0.25, 0.3) is 0 Å². The van der Waals surface area contributed by atoms with Gasteiger partial charge in [0.05, 0.1) is 5.56 Å². The Hall–Kier alpha value is -2.23. The van der Waals surface area contributed by atoms with Gasteiger partial charge in [-0.1, -0.05) is 12.8 Å². The minimum Gasteiger partial charge on any atom is -0.452 e. The van der Waals surface area contributed by atoms with Crippen molar-refractivity contribution in [3.63, 3.8) is 0 Å². The zero-order valence-corrected chi connectivity index (χ0v) is 14.4. The third kappa shape index (κ3) is 6.95. The Bertz CT molecular complexity index is 658. The summed E-state index contributed by atoms with van der Waals surface area (Å²) in [6, 6.07) is 3.99. The van der Waals surface area contributed by atoms with Crippen molar-refractivity contribution in [2.45, 2.75) is 42.1 Å². The standard InChI is InChI=1S/C16H17F3N2O4S/c17-16(18,19)26-12-7-5-10(6-8-12)14(23)25-9-13(22)21-15(24)20-11-3-1-2-4-11/h5-8,11H,1-4,9H2,(H2,20,21,22,24). The van der Waals surface area contributed by atoms with E-state index < -0.39 is 30.0 Å². The van der Waals surface area contributed by atoms with Gasteiger partial charge in [0.2, 0.25) is 0 Å². The van der Waals surface area contributed by atoms with Gasteiger partial charge in [0, 0.05) is 10.9 Å². The SMILES string of the molecule is O=C(COC(=O)c1ccc(SC(F)(F)F)cc1)NC(=O)NC1CCCC1. The van der Waals surface area contributed by atoms with Gasteiger partial charge in [-0.15, -0.1) is 0 Å². The summed E-state index contributed by atoms with van der Waals surface area (Å²) in [4.78, 5) is 34.9. The van der Waals surface area contributed by atoms with Crippen LogP contribution in [0.15, 0.2) is 29.2 Å². The molecule has 0 radical (unpaired) electrons. The van der Waals surface area contributed by atoms with Crippen molar-refractivity contribution in [2.24, 2.45) is 0 Å². The Morgan fingerprint density at radius 2 is 1.73 bits per heavy atom. The summed E-state index contributed by atoms with van der Waals surface area (Å²) < 4.78 is 41.5. The molecule has 2 rings (SSSR count). The number of carbonyl (C=O) groups is 3. The van der Waals surface area contributed by atoms with Gasteiger partial charge in [-0.25, -0.2) is 9.59 Å². The zero-order valence-electron chi connectivity index (χ0n) is 13.6. The maximum Gasteiger partial charge on any atom is 0.446 e. The Morgan fingerprint density at radius 3 is 2.31 bits per heavy atom. The lowest BCUT2D eigenvalue weighted by molar-refractivity contribution is -0.123. The molecule has 3 amide bonds. The molecule has 1 aromatic carbocycles. The summed E-state index contributed by atoms with van der Waals surface area (Å²) in [5.41, 5.74) is -4.42. The van der Waals surface area contributed by atoms with E-state index in [1.165, 1.54) is 12.1 Å². The number of amides is 3. The van der Waals surface area contributed by atoms with Crippen molar-refractivity contribution in [1.29, 1.82) is 0 Å². The van der Waals surface area contributed by atoms with Gasteiger partial charge in [-0.3, -0.25) is 10.1 Å². The smallest absolute Gasteiger partial charge is 0.446 e. The second-order valence-electron chi connectivity index (χ2n) is 5.65. The summed E-state index contributed by atoms with van der Waals surface area (Å²) in [7, 11) is 0. The van der Waals surface area contributed by atoms with Gasteiger partial charge in [0.15, 0.2) is 6.61 Å². The highest BCUT2D eigenvalue weighted by molar-refractivity contribution is 8.00. The van der Waals surface area contributed by atoms with Crippen molar-refractivity contribution in [2.75, 3.05) is 6.61 Å². The first-order valence-electron chi connectivity index (χ1n) is 7.86. The number of thioether (sulfide) groups is 1. The van der Waals surface area contributed by atoms with Gasteiger partial charge in [-0.2, -0.15) is 13.2 Å². The molecule has 0 atom stereocenters. The number of urea groups is 1. The number of ether oxygens (including phenoxy) is 1. The Morgan fingerprint density at radius 1 is 1.12 bits per heavy atom. The van der Waals surface area contributed by atoms with Crippen LogP contribution in [0, 0.1) is 0 Å². The fraction of sp³-hybridized carbons (Fsp3) is 0.438. The number of esters is 1. The van der Waals surface area contributed by atoms with Crippen LogP contribution in [0.2, 0.25) is 0 Å². The van der Waals surface area contributed by atoms with E-state index in [-0.39, 0.29) is 28.3 Å². The number of benzene rings is 1. The first-order chi connectivity index (χ1) is 12.2. The molecular formula is C16H17F3N2O4S. The number of imide groups is 1. The summed E-state index contributed by atoms with van der Waals surface area (Å²) in [5, 5.41) is 4.70. The lowest BCUT2D eigenvalue weighted by Gasteiger charge is -2.12.